The summed E-state index contributed by atoms with van der Waals surface area (Å²) in [5.41, 5.74) is 5.81. The van der Waals surface area contributed by atoms with Gasteiger partial charge in [-0.15, -0.1) is 0 Å². The van der Waals surface area contributed by atoms with Crippen LogP contribution in [0.1, 0.15) is 42.0 Å². The zero-order chi connectivity index (χ0) is 22.8. The Hall–Kier alpha value is -3.05. The summed E-state index contributed by atoms with van der Waals surface area (Å²) in [5.74, 6) is 2.43. The number of anilines is 1. The molecule has 5 rings (SSSR count). The molecule has 33 heavy (non-hydrogen) atoms. The second kappa shape index (κ2) is 9.44. The largest absolute Gasteiger partial charge is 0.493 e. The van der Waals surface area contributed by atoms with E-state index >= 15 is 0 Å². The van der Waals surface area contributed by atoms with Crippen molar-refractivity contribution < 1.29 is 9.47 Å². The summed E-state index contributed by atoms with van der Waals surface area (Å²) in [4.78, 5) is 4.68. The molecule has 0 saturated carbocycles. The quantitative estimate of drug-likeness (QED) is 0.281. The van der Waals surface area contributed by atoms with Crippen molar-refractivity contribution in [3.8, 4) is 11.5 Å². The van der Waals surface area contributed by atoms with Gasteiger partial charge in [0.2, 0.25) is 0 Å². The first kappa shape index (κ1) is 21.8. The van der Waals surface area contributed by atoms with Crippen molar-refractivity contribution >= 4 is 33.5 Å². The van der Waals surface area contributed by atoms with Crippen LogP contribution in [0.15, 0.2) is 82.3 Å². The van der Waals surface area contributed by atoms with E-state index in [1.807, 2.05) is 25.3 Å². The van der Waals surface area contributed by atoms with E-state index in [1.165, 1.54) is 16.8 Å². The number of para-hydroxylation sites is 1. The summed E-state index contributed by atoms with van der Waals surface area (Å²) in [6.07, 6.45) is 7.66. The minimum Gasteiger partial charge on any atom is -0.493 e. The molecule has 3 aromatic rings. The third kappa shape index (κ3) is 4.30. The molecule has 2 aliphatic rings. The maximum Gasteiger partial charge on any atom is 0.175 e. The van der Waals surface area contributed by atoms with Crippen LogP contribution in [0.2, 0.25) is 0 Å². The van der Waals surface area contributed by atoms with Crippen molar-refractivity contribution in [3.63, 3.8) is 0 Å². The normalized spacial score (nSPS) is 20.9. The van der Waals surface area contributed by atoms with Gasteiger partial charge in [-0.1, -0.05) is 42.5 Å². The number of aliphatic imine (C=N–C) groups is 1. The van der Waals surface area contributed by atoms with Crippen LogP contribution in [0.25, 0.3) is 0 Å². The van der Waals surface area contributed by atoms with Crippen molar-refractivity contribution in [2.75, 3.05) is 19.0 Å². The molecule has 1 heterocycles. The molecule has 0 unspecified atom stereocenters. The van der Waals surface area contributed by atoms with E-state index in [1.54, 1.807) is 7.11 Å². The average molecular weight is 503 g/mol. The number of benzene rings is 3. The fraction of sp³-hybridized carbons (Fsp3) is 0.250. The minimum absolute atomic E-state index is 0.296. The van der Waals surface area contributed by atoms with Gasteiger partial charge < -0.3 is 14.8 Å². The molecule has 0 bridgehead atoms. The van der Waals surface area contributed by atoms with Crippen LogP contribution in [-0.2, 0) is 0 Å². The van der Waals surface area contributed by atoms with Crippen molar-refractivity contribution in [1.29, 1.82) is 0 Å². The Morgan fingerprint density at radius 2 is 1.94 bits per heavy atom. The van der Waals surface area contributed by atoms with Gasteiger partial charge in [-0.25, -0.2) is 0 Å². The van der Waals surface area contributed by atoms with E-state index in [4.69, 9.17) is 9.47 Å². The topological polar surface area (TPSA) is 42.8 Å². The Kier molecular flexibility index (Phi) is 6.23. The van der Waals surface area contributed by atoms with Crippen LogP contribution >= 0.6 is 15.9 Å². The number of methoxy groups -OCH3 is 1. The summed E-state index contributed by atoms with van der Waals surface area (Å²) in [7, 11) is 1.64. The van der Waals surface area contributed by atoms with Gasteiger partial charge in [-0.2, -0.15) is 0 Å². The molecule has 1 aliphatic heterocycles. The number of nitrogens with zero attached hydrogens (tertiary/aromatic N) is 1. The van der Waals surface area contributed by atoms with E-state index in [2.05, 4.69) is 86.9 Å². The van der Waals surface area contributed by atoms with Gasteiger partial charge in [0.15, 0.2) is 11.5 Å². The van der Waals surface area contributed by atoms with Gasteiger partial charge in [0, 0.05) is 17.8 Å². The Bertz CT molecular complexity index is 1200. The van der Waals surface area contributed by atoms with Crippen molar-refractivity contribution in [2.24, 2.45) is 10.9 Å². The highest BCUT2D eigenvalue weighted by atomic mass is 79.9. The summed E-state index contributed by atoms with van der Waals surface area (Å²) in [6.45, 7) is 2.53. The number of rotatable bonds is 6. The Labute approximate surface area is 203 Å². The zero-order valence-electron chi connectivity index (χ0n) is 18.8. The molecule has 3 aromatic carbocycles. The zero-order valence-corrected chi connectivity index (χ0v) is 20.4. The van der Waals surface area contributed by atoms with Crippen molar-refractivity contribution in [2.45, 2.75) is 25.3 Å². The molecule has 4 nitrogen and oxygen atoms in total. The molecule has 1 aliphatic carbocycles. The molecule has 168 valence electrons. The lowest BCUT2D eigenvalue weighted by atomic mass is 9.77. The standard InChI is InChI=1S/C28H27BrN2O2/c1-3-33-28-24(29)15-18(16-26(28)32-2)17-30-20-13-11-19(12-14-20)27-23-9-6-8-21(23)22-7-4-5-10-25(22)31-27/h4-8,10-17,21,23,27,31H,3,9H2,1-2H3/t21-,23+,27-/m0/s1. The summed E-state index contributed by atoms with van der Waals surface area (Å²) in [5, 5.41) is 3.79. The molecular weight excluding hydrogens is 476 g/mol. The van der Waals surface area contributed by atoms with E-state index in [0.717, 1.165) is 22.1 Å². The Balaban J connectivity index is 1.36. The molecule has 5 heteroatoms. The predicted octanol–water partition coefficient (Wildman–Crippen LogP) is 7.43. The smallest absolute Gasteiger partial charge is 0.175 e. The minimum atomic E-state index is 0.296. The highest BCUT2D eigenvalue weighted by Crippen LogP contribution is 2.49. The molecule has 0 fully saturated rings. The maximum absolute atomic E-state index is 5.67. The van der Waals surface area contributed by atoms with Gasteiger partial charge in [-0.05, 0) is 82.2 Å². The first-order chi connectivity index (χ1) is 16.2. The molecule has 0 saturated heterocycles. The number of fused-ring (bicyclic) bond motifs is 3. The lowest BCUT2D eigenvalue weighted by Crippen LogP contribution is -2.28. The molecule has 0 radical (unpaired) electrons. The SMILES string of the molecule is CCOc1c(Br)cc(C=Nc2ccc([C@@H]3Nc4ccccc4[C@@H]4C=CC[C@H]43)cc2)cc1OC. The highest BCUT2D eigenvalue weighted by molar-refractivity contribution is 9.10. The number of ether oxygens (including phenoxy) is 2. The fourth-order valence-electron chi connectivity index (χ4n) is 4.89. The van der Waals surface area contributed by atoms with E-state index in [0.29, 0.717) is 36.0 Å². The number of hydrogen-bond donors (Lipinski definition) is 1. The number of allylic oxidation sites excluding steroid dienone is 2. The average Bonchev–Trinajstić information content (AvgIpc) is 3.34. The molecule has 0 aromatic heterocycles. The molecule has 0 amide bonds. The van der Waals surface area contributed by atoms with Crippen LogP contribution in [0.3, 0.4) is 0 Å². The lowest BCUT2D eigenvalue weighted by Gasteiger charge is -2.37. The second-order valence-corrected chi connectivity index (χ2v) is 9.23. The lowest BCUT2D eigenvalue weighted by molar-refractivity contribution is 0.309. The third-order valence-electron chi connectivity index (χ3n) is 6.43. The van der Waals surface area contributed by atoms with Crippen molar-refractivity contribution in [1.82, 2.24) is 0 Å². The van der Waals surface area contributed by atoms with E-state index in [9.17, 15) is 0 Å². The van der Waals surface area contributed by atoms with Gasteiger partial charge >= 0.3 is 0 Å². The Morgan fingerprint density at radius 3 is 2.73 bits per heavy atom. The van der Waals surface area contributed by atoms with Gasteiger partial charge in [-0.3, -0.25) is 4.99 Å². The van der Waals surface area contributed by atoms with Gasteiger partial charge in [0.25, 0.3) is 0 Å². The maximum atomic E-state index is 5.67. The van der Waals surface area contributed by atoms with Crippen LogP contribution in [0.4, 0.5) is 11.4 Å². The summed E-state index contributed by atoms with van der Waals surface area (Å²) in [6, 6.07) is 21.5. The number of nitrogens with one attached hydrogen (secondary N) is 1. The monoisotopic (exact) mass is 502 g/mol. The predicted molar refractivity (Wildman–Crippen MR) is 138 cm³/mol. The van der Waals surface area contributed by atoms with Crippen LogP contribution in [0.5, 0.6) is 11.5 Å². The summed E-state index contributed by atoms with van der Waals surface area (Å²) < 4.78 is 12.0. The molecule has 3 atom stereocenters. The van der Waals surface area contributed by atoms with Gasteiger partial charge in [0.1, 0.15) is 0 Å². The second-order valence-electron chi connectivity index (χ2n) is 8.38. The fourth-order valence-corrected chi connectivity index (χ4v) is 5.46. The molecule has 1 N–H and O–H groups in total. The first-order valence-electron chi connectivity index (χ1n) is 11.3. The Morgan fingerprint density at radius 1 is 1.12 bits per heavy atom. The van der Waals surface area contributed by atoms with Crippen LogP contribution in [0, 0.1) is 5.92 Å². The summed E-state index contributed by atoms with van der Waals surface area (Å²) >= 11 is 3.57. The number of hydrogen-bond acceptors (Lipinski definition) is 4. The van der Waals surface area contributed by atoms with Crippen molar-refractivity contribution in [3.05, 3.63) is 94.0 Å². The third-order valence-corrected chi connectivity index (χ3v) is 7.02. The molecule has 0 spiro atoms. The van der Waals surface area contributed by atoms with Crippen LogP contribution in [-0.4, -0.2) is 19.9 Å². The van der Waals surface area contributed by atoms with E-state index < -0.39 is 0 Å². The van der Waals surface area contributed by atoms with E-state index in [-0.39, 0.29) is 0 Å². The first-order valence-corrected chi connectivity index (χ1v) is 12.1. The highest BCUT2D eigenvalue weighted by Gasteiger charge is 2.37. The van der Waals surface area contributed by atoms with Crippen LogP contribution < -0.4 is 14.8 Å². The molecular formula is C28H27BrN2O2. The number of halogens is 1. The van der Waals surface area contributed by atoms with Gasteiger partial charge in [0.05, 0.1) is 29.9 Å².